The molecule has 15 heavy (non-hydrogen) atoms. The summed E-state index contributed by atoms with van der Waals surface area (Å²) in [5.41, 5.74) is 1.07. The second kappa shape index (κ2) is 6.45. The first kappa shape index (κ1) is 12.0. The second-order valence-electron chi connectivity index (χ2n) is 3.67. The Morgan fingerprint density at radius 2 is 2.33 bits per heavy atom. The number of nitrogens with zero attached hydrogens (tertiary/aromatic N) is 2. The predicted octanol–water partition coefficient (Wildman–Crippen LogP) is 2.05. The number of methoxy groups -OCH3 is 1. The van der Waals surface area contributed by atoms with Crippen molar-refractivity contribution in [2.24, 2.45) is 0 Å². The summed E-state index contributed by atoms with van der Waals surface area (Å²) in [7, 11) is 1.72. The van der Waals surface area contributed by atoms with E-state index in [2.05, 4.69) is 28.0 Å². The monoisotopic (exact) mass is 211 g/mol. The summed E-state index contributed by atoms with van der Waals surface area (Å²) >= 11 is 0. The maximum absolute atomic E-state index is 5.00. The number of nitrogens with one attached hydrogen (secondary N) is 1. The van der Waals surface area contributed by atoms with E-state index in [0.29, 0.717) is 0 Å². The molecule has 0 aliphatic rings. The third kappa shape index (κ3) is 3.91. The average molecular weight is 211 g/mol. The number of ether oxygens (including phenoxy) is 1. The second-order valence-corrected chi connectivity index (χ2v) is 3.67. The summed E-state index contributed by atoms with van der Waals surface area (Å²) in [6.45, 7) is 6.92. The highest BCUT2D eigenvalue weighted by Crippen LogP contribution is 2.08. The Kier molecular flexibility index (Phi) is 5.18. The molecular weight excluding hydrogens is 190 g/mol. The molecular formula is C11H21N3O. The Balaban J connectivity index is 2.44. The SMILES string of the molecule is CCCn1cc(C)nc1NCCCOC. The van der Waals surface area contributed by atoms with Gasteiger partial charge in [0.05, 0.1) is 5.69 Å². The molecule has 0 fully saturated rings. The molecule has 1 aromatic rings. The number of imidazole rings is 1. The molecule has 0 aromatic carbocycles. The van der Waals surface area contributed by atoms with E-state index in [1.807, 2.05) is 6.92 Å². The molecule has 0 bridgehead atoms. The molecule has 0 unspecified atom stereocenters. The molecule has 0 aliphatic heterocycles. The van der Waals surface area contributed by atoms with E-state index in [9.17, 15) is 0 Å². The maximum atomic E-state index is 5.00. The highest BCUT2D eigenvalue weighted by molar-refractivity contribution is 5.28. The minimum absolute atomic E-state index is 0.792. The lowest BCUT2D eigenvalue weighted by atomic mass is 10.4. The topological polar surface area (TPSA) is 39.1 Å². The summed E-state index contributed by atoms with van der Waals surface area (Å²) in [4.78, 5) is 4.44. The molecule has 1 N–H and O–H groups in total. The van der Waals surface area contributed by atoms with Crippen molar-refractivity contribution in [1.82, 2.24) is 9.55 Å². The van der Waals surface area contributed by atoms with Gasteiger partial charge in [0.15, 0.2) is 0 Å². The fourth-order valence-electron chi connectivity index (χ4n) is 1.52. The van der Waals surface area contributed by atoms with Gasteiger partial charge in [-0.1, -0.05) is 6.92 Å². The van der Waals surface area contributed by atoms with E-state index >= 15 is 0 Å². The highest BCUT2D eigenvalue weighted by atomic mass is 16.5. The van der Waals surface area contributed by atoms with E-state index < -0.39 is 0 Å². The van der Waals surface area contributed by atoms with Gasteiger partial charge in [-0.25, -0.2) is 4.98 Å². The highest BCUT2D eigenvalue weighted by Gasteiger charge is 2.03. The van der Waals surface area contributed by atoms with Gasteiger partial charge in [0.25, 0.3) is 0 Å². The molecule has 0 saturated carbocycles. The Morgan fingerprint density at radius 1 is 1.53 bits per heavy atom. The van der Waals surface area contributed by atoms with E-state index in [1.165, 1.54) is 0 Å². The van der Waals surface area contributed by atoms with Crippen LogP contribution in [0.5, 0.6) is 0 Å². The lowest BCUT2D eigenvalue weighted by molar-refractivity contribution is 0.197. The standard InChI is InChI=1S/C11H21N3O/c1-4-7-14-9-10(2)13-11(14)12-6-5-8-15-3/h9H,4-8H2,1-3H3,(H,12,13). The number of rotatable bonds is 7. The van der Waals surface area contributed by atoms with Gasteiger partial charge in [0.2, 0.25) is 5.95 Å². The van der Waals surface area contributed by atoms with Crippen LogP contribution in [-0.2, 0) is 11.3 Å². The van der Waals surface area contributed by atoms with E-state index in [1.54, 1.807) is 7.11 Å². The molecule has 1 rings (SSSR count). The zero-order valence-electron chi connectivity index (χ0n) is 9.92. The smallest absolute Gasteiger partial charge is 0.203 e. The predicted molar refractivity (Wildman–Crippen MR) is 62.2 cm³/mol. The summed E-state index contributed by atoms with van der Waals surface area (Å²) in [5.74, 6) is 0.977. The van der Waals surface area contributed by atoms with Gasteiger partial charge in [-0.15, -0.1) is 0 Å². The van der Waals surface area contributed by atoms with Gasteiger partial charge in [-0.2, -0.15) is 0 Å². The minimum atomic E-state index is 0.792. The molecule has 0 aliphatic carbocycles. The molecule has 0 atom stereocenters. The van der Waals surface area contributed by atoms with Crippen LogP contribution in [0.15, 0.2) is 6.20 Å². The number of aromatic nitrogens is 2. The molecule has 0 saturated heterocycles. The molecule has 0 radical (unpaired) electrons. The van der Waals surface area contributed by atoms with Crippen LogP contribution in [0.25, 0.3) is 0 Å². The van der Waals surface area contributed by atoms with E-state index in [4.69, 9.17) is 4.74 Å². The molecule has 4 nitrogen and oxygen atoms in total. The first-order valence-electron chi connectivity index (χ1n) is 5.54. The Labute approximate surface area is 91.7 Å². The largest absolute Gasteiger partial charge is 0.385 e. The van der Waals surface area contributed by atoms with Crippen LogP contribution in [0.3, 0.4) is 0 Å². The van der Waals surface area contributed by atoms with Crippen molar-refractivity contribution in [2.45, 2.75) is 33.2 Å². The normalized spacial score (nSPS) is 10.6. The van der Waals surface area contributed by atoms with Crippen molar-refractivity contribution in [2.75, 3.05) is 25.6 Å². The first-order valence-corrected chi connectivity index (χ1v) is 5.54. The van der Waals surface area contributed by atoms with Crippen molar-refractivity contribution in [3.63, 3.8) is 0 Å². The Hall–Kier alpha value is -1.03. The average Bonchev–Trinajstić information content (AvgIpc) is 2.55. The Morgan fingerprint density at radius 3 is 3.00 bits per heavy atom. The molecule has 1 heterocycles. The van der Waals surface area contributed by atoms with Crippen LogP contribution in [0.1, 0.15) is 25.5 Å². The zero-order chi connectivity index (χ0) is 11.1. The number of anilines is 1. The van der Waals surface area contributed by atoms with Gasteiger partial charge < -0.3 is 14.6 Å². The molecule has 0 spiro atoms. The summed E-state index contributed by atoms with van der Waals surface area (Å²) < 4.78 is 7.16. The summed E-state index contributed by atoms with van der Waals surface area (Å²) in [5, 5.41) is 3.33. The maximum Gasteiger partial charge on any atom is 0.203 e. The van der Waals surface area contributed by atoms with Crippen LogP contribution >= 0.6 is 0 Å². The van der Waals surface area contributed by atoms with Crippen molar-refractivity contribution in [1.29, 1.82) is 0 Å². The van der Waals surface area contributed by atoms with Crippen molar-refractivity contribution in [3.8, 4) is 0 Å². The van der Waals surface area contributed by atoms with Crippen LogP contribution in [0, 0.1) is 6.92 Å². The third-order valence-electron chi connectivity index (χ3n) is 2.17. The van der Waals surface area contributed by atoms with Gasteiger partial charge in [-0.3, -0.25) is 0 Å². The van der Waals surface area contributed by atoms with Crippen molar-refractivity contribution < 1.29 is 4.74 Å². The minimum Gasteiger partial charge on any atom is -0.385 e. The molecule has 4 heteroatoms. The number of aryl methyl sites for hydroxylation is 2. The van der Waals surface area contributed by atoms with Crippen LogP contribution in [0.2, 0.25) is 0 Å². The van der Waals surface area contributed by atoms with Crippen LogP contribution < -0.4 is 5.32 Å². The van der Waals surface area contributed by atoms with Gasteiger partial charge in [0, 0.05) is 33.0 Å². The van der Waals surface area contributed by atoms with Gasteiger partial charge in [0.1, 0.15) is 0 Å². The molecule has 1 aromatic heterocycles. The lowest BCUT2D eigenvalue weighted by Crippen LogP contribution is -2.10. The third-order valence-corrected chi connectivity index (χ3v) is 2.17. The number of hydrogen-bond donors (Lipinski definition) is 1. The summed E-state index contributed by atoms with van der Waals surface area (Å²) in [6.07, 6.45) is 4.22. The van der Waals surface area contributed by atoms with E-state index in [0.717, 1.165) is 44.2 Å². The van der Waals surface area contributed by atoms with Crippen LogP contribution in [-0.4, -0.2) is 29.8 Å². The molecule has 0 amide bonds. The van der Waals surface area contributed by atoms with Gasteiger partial charge >= 0.3 is 0 Å². The quantitative estimate of drug-likeness (QED) is 0.702. The zero-order valence-corrected chi connectivity index (χ0v) is 9.92. The lowest BCUT2D eigenvalue weighted by Gasteiger charge is -2.08. The first-order chi connectivity index (χ1) is 7.27. The van der Waals surface area contributed by atoms with E-state index in [-0.39, 0.29) is 0 Å². The fraction of sp³-hybridized carbons (Fsp3) is 0.727. The van der Waals surface area contributed by atoms with Crippen molar-refractivity contribution >= 4 is 5.95 Å². The fourth-order valence-corrected chi connectivity index (χ4v) is 1.52. The molecule has 86 valence electrons. The summed E-state index contributed by atoms with van der Waals surface area (Å²) in [6, 6.07) is 0. The van der Waals surface area contributed by atoms with Crippen LogP contribution in [0.4, 0.5) is 5.95 Å². The van der Waals surface area contributed by atoms with Crippen molar-refractivity contribution in [3.05, 3.63) is 11.9 Å². The number of hydrogen-bond acceptors (Lipinski definition) is 3. The Bertz CT molecular complexity index is 283. The van der Waals surface area contributed by atoms with Gasteiger partial charge in [-0.05, 0) is 19.8 Å².